The van der Waals surface area contributed by atoms with E-state index in [1.54, 1.807) is 0 Å². The van der Waals surface area contributed by atoms with Crippen molar-refractivity contribution < 1.29 is 9.53 Å². The van der Waals surface area contributed by atoms with Crippen molar-refractivity contribution in [2.24, 2.45) is 0 Å². The number of hydrogen-bond donors (Lipinski definition) is 0. The molecule has 0 radical (unpaired) electrons. The van der Waals surface area contributed by atoms with Crippen LogP contribution in [-0.4, -0.2) is 33.6 Å². The van der Waals surface area contributed by atoms with Gasteiger partial charge in [-0.3, -0.25) is 0 Å². The van der Waals surface area contributed by atoms with Crippen molar-refractivity contribution in [3.8, 4) is 0 Å². The van der Waals surface area contributed by atoms with E-state index in [0.29, 0.717) is 6.04 Å². The van der Waals surface area contributed by atoms with Crippen LogP contribution in [0.25, 0.3) is 0 Å². The standard InChI is InChI=1S/C13H24INO2/c1-13(2,3)17-12(16)15-10-6-8-11(15)7-4-5-9-14/h11H,4-10H2,1-3H3/t11-/m1/s1. The van der Waals surface area contributed by atoms with Gasteiger partial charge in [0.05, 0.1) is 0 Å². The molecule has 4 heteroatoms. The quantitative estimate of drug-likeness (QED) is 0.435. The smallest absolute Gasteiger partial charge is 0.410 e. The minimum atomic E-state index is -0.383. The van der Waals surface area contributed by atoms with E-state index >= 15 is 0 Å². The monoisotopic (exact) mass is 353 g/mol. The van der Waals surface area contributed by atoms with E-state index < -0.39 is 0 Å². The molecule has 1 amide bonds. The fourth-order valence-corrected chi connectivity index (χ4v) is 2.71. The molecule has 1 aliphatic heterocycles. The zero-order valence-electron chi connectivity index (χ0n) is 11.2. The van der Waals surface area contributed by atoms with Crippen LogP contribution in [0.15, 0.2) is 0 Å². The number of ether oxygens (including phenoxy) is 1. The highest BCUT2D eigenvalue weighted by atomic mass is 127. The van der Waals surface area contributed by atoms with Gasteiger partial charge in [0.1, 0.15) is 5.60 Å². The fourth-order valence-electron chi connectivity index (χ4n) is 2.17. The molecule has 0 aromatic heterocycles. The van der Waals surface area contributed by atoms with Gasteiger partial charge >= 0.3 is 6.09 Å². The molecule has 0 spiro atoms. The van der Waals surface area contributed by atoms with Crippen LogP contribution in [0.3, 0.4) is 0 Å². The number of likely N-dealkylation sites (tertiary alicyclic amines) is 1. The normalized spacial score (nSPS) is 20.7. The zero-order chi connectivity index (χ0) is 12.9. The average molecular weight is 353 g/mol. The lowest BCUT2D eigenvalue weighted by molar-refractivity contribution is 0.0219. The topological polar surface area (TPSA) is 29.5 Å². The zero-order valence-corrected chi connectivity index (χ0v) is 13.3. The van der Waals surface area contributed by atoms with Crippen molar-refractivity contribution in [1.82, 2.24) is 4.90 Å². The Bertz CT molecular complexity index is 250. The van der Waals surface area contributed by atoms with E-state index in [1.807, 2.05) is 25.7 Å². The van der Waals surface area contributed by atoms with Gasteiger partial charge in [-0.25, -0.2) is 4.79 Å². The van der Waals surface area contributed by atoms with E-state index in [0.717, 1.165) is 25.8 Å². The summed E-state index contributed by atoms with van der Waals surface area (Å²) < 4.78 is 6.65. The van der Waals surface area contributed by atoms with Gasteiger partial charge in [0, 0.05) is 12.6 Å². The SMILES string of the molecule is CC(C)(C)OC(=O)N1CCC[C@H]1CCCCI. The Morgan fingerprint density at radius 1 is 1.41 bits per heavy atom. The lowest BCUT2D eigenvalue weighted by Gasteiger charge is -2.28. The minimum Gasteiger partial charge on any atom is -0.444 e. The summed E-state index contributed by atoms with van der Waals surface area (Å²) in [4.78, 5) is 13.9. The molecule has 1 fully saturated rings. The predicted molar refractivity (Wildman–Crippen MR) is 78.7 cm³/mol. The second-order valence-electron chi connectivity index (χ2n) is 5.65. The summed E-state index contributed by atoms with van der Waals surface area (Å²) in [6, 6.07) is 0.410. The van der Waals surface area contributed by atoms with E-state index in [9.17, 15) is 4.79 Å². The summed E-state index contributed by atoms with van der Waals surface area (Å²) in [5.74, 6) is 0. The summed E-state index contributed by atoms with van der Waals surface area (Å²) in [5, 5.41) is 0. The average Bonchev–Trinajstić information content (AvgIpc) is 2.64. The van der Waals surface area contributed by atoms with Crippen LogP contribution in [0.2, 0.25) is 0 Å². The summed E-state index contributed by atoms with van der Waals surface area (Å²) in [6.45, 7) is 6.63. The number of amides is 1. The maximum atomic E-state index is 12.0. The van der Waals surface area contributed by atoms with Gasteiger partial charge in [-0.05, 0) is 50.9 Å². The number of unbranched alkanes of at least 4 members (excludes halogenated alkanes) is 1. The lowest BCUT2D eigenvalue weighted by atomic mass is 10.1. The second kappa shape index (κ2) is 6.81. The first kappa shape index (κ1) is 15.1. The summed E-state index contributed by atoms with van der Waals surface area (Å²) in [6.07, 6.45) is 5.72. The maximum Gasteiger partial charge on any atom is 0.410 e. The highest BCUT2D eigenvalue weighted by Gasteiger charge is 2.31. The fraction of sp³-hybridized carbons (Fsp3) is 0.923. The van der Waals surface area contributed by atoms with Gasteiger partial charge in [0.2, 0.25) is 0 Å². The number of carbonyl (C=O) groups is 1. The number of carbonyl (C=O) groups excluding carboxylic acids is 1. The maximum absolute atomic E-state index is 12.0. The summed E-state index contributed by atoms with van der Waals surface area (Å²) in [5.41, 5.74) is -0.383. The van der Waals surface area contributed by atoms with Crippen molar-refractivity contribution in [1.29, 1.82) is 0 Å². The number of alkyl halides is 1. The minimum absolute atomic E-state index is 0.130. The third kappa shape index (κ3) is 5.44. The number of rotatable bonds is 4. The molecular formula is C13H24INO2. The molecule has 1 aliphatic rings. The van der Waals surface area contributed by atoms with Crippen LogP contribution in [0.1, 0.15) is 52.9 Å². The molecule has 0 saturated carbocycles. The first-order chi connectivity index (χ1) is 7.94. The summed E-state index contributed by atoms with van der Waals surface area (Å²) in [7, 11) is 0. The lowest BCUT2D eigenvalue weighted by Crippen LogP contribution is -2.39. The molecule has 1 rings (SSSR count). The molecule has 17 heavy (non-hydrogen) atoms. The first-order valence-corrected chi connectivity index (χ1v) is 8.02. The van der Waals surface area contributed by atoms with E-state index in [1.165, 1.54) is 17.3 Å². The molecule has 3 nitrogen and oxygen atoms in total. The van der Waals surface area contributed by atoms with Gasteiger partial charge in [-0.2, -0.15) is 0 Å². The van der Waals surface area contributed by atoms with Crippen LogP contribution in [0.5, 0.6) is 0 Å². The number of hydrogen-bond acceptors (Lipinski definition) is 2. The third-order valence-corrected chi connectivity index (χ3v) is 3.69. The van der Waals surface area contributed by atoms with Crippen molar-refractivity contribution in [3.05, 3.63) is 0 Å². The van der Waals surface area contributed by atoms with E-state index in [2.05, 4.69) is 22.6 Å². The molecule has 0 aliphatic carbocycles. The Hall–Kier alpha value is 0. The van der Waals surface area contributed by atoms with Gasteiger partial charge < -0.3 is 9.64 Å². The molecule has 100 valence electrons. The predicted octanol–water partition coefficient (Wildman–Crippen LogP) is 3.99. The van der Waals surface area contributed by atoms with Gasteiger partial charge in [-0.15, -0.1) is 0 Å². The summed E-state index contributed by atoms with van der Waals surface area (Å²) >= 11 is 2.41. The molecule has 1 heterocycles. The van der Waals surface area contributed by atoms with Crippen molar-refractivity contribution in [2.45, 2.75) is 64.5 Å². The van der Waals surface area contributed by atoms with E-state index in [4.69, 9.17) is 4.74 Å². The highest BCUT2D eigenvalue weighted by Crippen LogP contribution is 2.24. The molecule has 0 aromatic rings. The Morgan fingerprint density at radius 2 is 2.12 bits per heavy atom. The van der Waals surface area contributed by atoms with Crippen molar-refractivity contribution in [2.75, 3.05) is 11.0 Å². The van der Waals surface area contributed by atoms with Gasteiger partial charge in [0.15, 0.2) is 0 Å². The second-order valence-corrected chi connectivity index (χ2v) is 6.73. The molecule has 0 bridgehead atoms. The van der Waals surface area contributed by atoms with Gasteiger partial charge in [-0.1, -0.05) is 29.0 Å². The molecule has 1 saturated heterocycles. The third-order valence-electron chi connectivity index (χ3n) is 2.93. The number of nitrogens with zero attached hydrogens (tertiary/aromatic N) is 1. The van der Waals surface area contributed by atoms with Crippen molar-refractivity contribution >= 4 is 28.7 Å². The van der Waals surface area contributed by atoms with Gasteiger partial charge in [0.25, 0.3) is 0 Å². The van der Waals surface area contributed by atoms with Crippen LogP contribution >= 0.6 is 22.6 Å². The molecular weight excluding hydrogens is 329 g/mol. The molecule has 1 atom stereocenters. The molecule has 0 unspecified atom stereocenters. The Balaban J connectivity index is 2.42. The Labute approximate surface area is 118 Å². The van der Waals surface area contributed by atoms with Crippen LogP contribution < -0.4 is 0 Å². The Kier molecular flexibility index (Phi) is 6.03. The molecule has 0 N–H and O–H groups in total. The Morgan fingerprint density at radius 3 is 2.71 bits per heavy atom. The van der Waals surface area contributed by atoms with Crippen LogP contribution in [-0.2, 0) is 4.74 Å². The first-order valence-electron chi connectivity index (χ1n) is 6.49. The van der Waals surface area contributed by atoms with E-state index in [-0.39, 0.29) is 11.7 Å². The number of halogens is 1. The van der Waals surface area contributed by atoms with Crippen LogP contribution in [0, 0.1) is 0 Å². The van der Waals surface area contributed by atoms with Crippen molar-refractivity contribution in [3.63, 3.8) is 0 Å². The highest BCUT2D eigenvalue weighted by molar-refractivity contribution is 14.1. The molecule has 0 aromatic carbocycles. The largest absolute Gasteiger partial charge is 0.444 e. The van der Waals surface area contributed by atoms with Crippen LogP contribution in [0.4, 0.5) is 4.79 Å².